The van der Waals surface area contributed by atoms with Crippen LogP contribution >= 0.6 is 23.2 Å². The molecule has 0 spiro atoms. The number of hydrogen-bond acceptors (Lipinski definition) is 2. The van der Waals surface area contributed by atoms with E-state index in [1.165, 1.54) is 0 Å². The maximum atomic E-state index is 12.3. The molecule has 0 atom stereocenters. The van der Waals surface area contributed by atoms with Gasteiger partial charge < -0.3 is 10.6 Å². The molecule has 0 aliphatic heterocycles. The van der Waals surface area contributed by atoms with Gasteiger partial charge in [-0.2, -0.15) is 0 Å². The van der Waals surface area contributed by atoms with Crippen LogP contribution in [-0.4, -0.2) is 23.4 Å². The number of nitrogens with two attached hydrogens (primary N) is 1. The summed E-state index contributed by atoms with van der Waals surface area (Å²) in [5.41, 5.74) is 6.49. The third-order valence-electron chi connectivity index (χ3n) is 3.49. The van der Waals surface area contributed by atoms with Crippen molar-refractivity contribution >= 4 is 29.1 Å². The predicted octanol–water partition coefficient (Wildman–Crippen LogP) is 3.61. The summed E-state index contributed by atoms with van der Waals surface area (Å²) in [5.74, 6) is 0.215. The Hall–Kier alpha value is -0.770. The van der Waals surface area contributed by atoms with Gasteiger partial charge in [0.2, 0.25) is 5.91 Å². The molecule has 0 saturated heterocycles. The molecule has 0 unspecified atom stereocenters. The van der Waals surface area contributed by atoms with E-state index in [1.807, 2.05) is 17.0 Å². The smallest absolute Gasteiger partial charge is 0.223 e. The fourth-order valence-electron chi connectivity index (χ4n) is 2.21. The largest absolute Gasteiger partial charge is 0.335 e. The number of carbonyl (C=O) groups is 1. The van der Waals surface area contributed by atoms with Crippen molar-refractivity contribution in [1.82, 2.24) is 4.90 Å². The van der Waals surface area contributed by atoms with Crippen LogP contribution in [0.1, 0.15) is 37.7 Å². The monoisotopic (exact) mass is 314 g/mol. The summed E-state index contributed by atoms with van der Waals surface area (Å²) in [6.45, 7) is 1.26. The lowest BCUT2D eigenvalue weighted by Crippen LogP contribution is -2.32. The minimum absolute atomic E-state index is 0.215. The van der Waals surface area contributed by atoms with Gasteiger partial charge >= 0.3 is 0 Å². The molecule has 1 saturated carbocycles. The van der Waals surface area contributed by atoms with Crippen LogP contribution in [-0.2, 0) is 11.3 Å². The molecule has 1 aromatic rings. The predicted molar refractivity (Wildman–Crippen MR) is 82.9 cm³/mol. The normalized spacial score (nSPS) is 14.3. The second kappa shape index (κ2) is 7.30. The number of unbranched alkanes of at least 4 members (excludes halogenated alkanes) is 1. The van der Waals surface area contributed by atoms with Gasteiger partial charge in [0.15, 0.2) is 0 Å². The Labute approximate surface area is 130 Å². The topological polar surface area (TPSA) is 46.3 Å². The van der Waals surface area contributed by atoms with Crippen LogP contribution in [0, 0.1) is 0 Å². The molecule has 2 N–H and O–H groups in total. The van der Waals surface area contributed by atoms with E-state index in [4.69, 9.17) is 28.9 Å². The lowest BCUT2D eigenvalue weighted by molar-refractivity contribution is -0.132. The zero-order valence-corrected chi connectivity index (χ0v) is 13.0. The molecule has 20 heavy (non-hydrogen) atoms. The van der Waals surface area contributed by atoms with Crippen molar-refractivity contribution in [2.24, 2.45) is 5.73 Å². The lowest BCUT2D eigenvalue weighted by Gasteiger charge is -2.23. The van der Waals surface area contributed by atoms with Crippen molar-refractivity contribution in [3.8, 4) is 0 Å². The third kappa shape index (κ3) is 4.37. The summed E-state index contributed by atoms with van der Waals surface area (Å²) in [5, 5.41) is 1.08. The van der Waals surface area contributed by atoms with Gasteiger partial charge in [-0.25, -0.2) is 0 Å². The molecular formula is C15H20Cl2N2O. The first-order valence-corrected chi connectivity index (χ1v) is 7.81. The second-order valence-corrected chi connectivity index (χ2v) is 6.06. The summed E-state index contributed by atoms with van der Waals surface area (Å²) in [6, 6.07) is 5.95. The quantitative estimate of drug-likeness (QED) is 0.781. The molecule has 2 rings (SSSR count). The number of carbonyl (C=O) groups excluding carboxylic acids is 1. The Balaban J connectivity index is 1.98. The van der Waals surface area contributed by atoms with Gasteiger partial charge in [-0.15, -0.1) is 0 Å². The minimum Gasteiger partial charge on any atom is -0.335 e. The third-order valence-corrected chi connectivity index (χ3v) is 4.23. The Morgan fingerprint density at radius 2 is 2.00 bits per heavy atom. The second-order valence-electron chi connectivity index (χ2n) is 5.25. The van der Waals surface area contributed by atoms with Gasteiger partial charge in [0, 0.05) is 19.0 Å². The molecule has 0 radical (unpaired) electrons. The Bertz CT molecular complexity index is 475. The van der Waals surface area contributed by atoms with Crippen LogP contribution in [0.3, 0.4) is 0 Å². The first-order chi connectivity index (χ1) is 9.61. The average Bonchev–Trinajstić information content (AvgIpc) is 3.24. The number of halogens is 2. The summed E-state index contributed by atoms with van der Waals surface area (Å²) >= 11 is 11.9. The van der Waals surface area contributed by atoms with Gasteiger partial charge in [-0.05, 0) is 49.9 Å². The van der Waals surface area contributed by atoms with Gasteiger partial charge in [-0.1, -0.05) is 29.3 Å². The first kappa shape index (κ1) is 15.6. The molecule has 0 aromatic heterocycles. The highest BCUT2D eigenvalue weighted by Crippen LogP contribution is 2.30. The molecule has 1 amide bonds. The van der Waals surface area contributed by atoms with Crippen molar-refractivity contribution in [3.63, 3.8) is 0 Å². The zero-order valence-electron chi connectivity index (χ0n) is 11.4. The van der Waals surface area contributed by atoms with Crippen LogP contribution in [0.4, 0.5) is 0 Å². The minimum atomic E-state index is 0.215. The van der Waals surface area contributed by atoms with E-state index in [0.29, 0.717) is 35.6 Å². The summed E-state index contributed by atoms with van der Waals surface area (Å²) in [7, 11) is 0. The number of benzene rings is 1. The van der Waals surface area contributed by atoms with E-state index < -0.39 is 0 Å². The first-order valence-electron chi connectivity index (χ1n) is 7.05. The van der Waals surface area contributed by atoms with Crippen molar-refractivity contribution < 1.29 is 4.79 Å². The van der Waals surface area contributed by atoms with E-state index in [2.05, 4.69) is 0 Å². The molecule has 3 nitrogen and oxygen atoms in total. The molecule has 0 heterocycles. The van der Waals surface area contributed by atoms with Gasteiger partial charge in [0.25, 0.3) is 0 Å². The maximum absolute atomic E-state index is 12.3. The standard InChI is InChI=1S/C15H20Cl2N2O/c16-13-7-4-11(9-14(13)17)10-19(12-5-6-12)15(20)3-1-2-8-18/h4,7,9,12H,1-3,5-6,8,10,18H2. The van der Waals surface area contributed by atoms with Gasteiger partial charge in [-0.3, -0.25) is 4.79 Å². The van der Waals surface area contributed by atoms with E-state index >= 15 is 0 Å². The van der Waals surface area contributed by atoms with Crippen LogP contribution in [0.15, 0.2) is 18.2 Å². The van der Waals surface area contributed by atoms with E-state index in [0.717, 1.165) is 31.2 Å². The number of hydrogen-bond donors (Lipinski definition) is 1. The number of rotatable bonds is 7. The summed E-state index contributed by atoms with van der Waals surface area (Å²) in [4.78, 5) is 14.3. The molecule has 0 bridgehead atoms. The fourth-order valence-corrected chi connectivity index (χ4v) is 2.53. The molecule has 1 aliphatic rings. The van der Waals surface area contributed by atoms with Crippen LogP contribution in [0.25, 0.3) is 0 Å². The van der Waals surface area contributed by atoms with Crippen molar-refractivity contribution in [2.75, 3.05) is 6.54 Å². The molecular weight excluding hydrogens is 295 g/mol. The lowest BCUT2D eigenvalue weighted by atomic mass is 10.1. The van der Waals surface area contributed by atoms with E-state index in [9.17, 15) is 4.79 Å². The van der Waals surface area contributed by atoms with Crippen molar-refractivity contribution in [3.05, 3.63) is 33.8 Å². The van der Waals surface area contributed by atoms with E-state index in [-0.39, 0.29) is 5.91 Å². The zero-order chi connectivity index (χ0) is 14.5. The fraction of sp³-hybridized carbons (Fsp3) is 0.533. The number of amides is 1. The molecule has 1 aliphatic carbocycles. The highest BCUT2D eigenvalue weighted by atomic mass is 35.5. The Morgan fingerprint density at radius 1 is 1.25 bits per heavy atom. The van der Waals surface area contributed by atoms with Crippen LogP contribution in [0.2, 0.25) is 10.0 Å². The summed E-state index contributed by atoms with van der Waals surface area (Å²) < 4.78 is 0. The molecule has 1 fully saturated rings. The molecule has 110 valence electrons. The SMILES string of the molecule is NCCCCC(=O)N(Cc1ccc(Cl)c(Cl)c1)C1CC1. The highest BCUT2D eigenvalue weighted by Gasteiger charge is 2.32. The molecule has 5 heteroatoms. The van der Waals surface area contributed by atoms with E-state index in [1.54, 1.807) is 6.07 Å². The maximum Gasteiger partial charge on any atom is 0.223 e. The Morgan fingerprint density at radius 3 is 2.60 bits per heavy atom. The van der Waals surface area contributed by atoms with Crippen molar-refractivity contribution in [2.45, 2.75) is 44.7 Å². The average molecular weight is 315 g/mol. The highest BCUT2D eigenvalue weighted by molar-refractivity contribution is 6.42. The van der Waals surface area contributed by atoms with Crippen LogP contribution in [0.5, 0.6) is 0 Å². The molecule has 1 aromatic carbocycles. The van der Waals surface area contributed by atoms with Crippen LogP contribution < -0.4 is 5.73 Å². The summed E-state index contributed by atoms with van der Waals surface area (Å²) in [6.07, 6.45) is 4.54. The van der Waals surface area contributed by atoms with Gasteiger partial charge in [0.05, 0.1) is 10.0 Å². The van der Waals surface area contributed by atoms with Gasteiger partial charge in [0.1, 0.15) is 0 Å². The number of nitrogens with zero attached hydrogens (tertiary/aromatic N) is 1. The Kier molecular flexibility index (Phi) is 5.70. The van der Waals surface area contributed by atoms with Crippen molar-refractivity contribution in [1.29, 1.82) is 0 Å².